The summed E-state index contributed by atoms with van der Waals surface area (Å²) in [6.45, 7) is 8.81. The van der Waals surface area contributed by atoms with Crippen LogP contribution >= 0.6 is 0 Å². The van der Waals surface area contributed by atoms with Gasteiger partial charge in [-0.15, -0.1) is 0 Å². The molecule has 0 radical (unpaired) electrons. The largest absolute Gasteiger partial charge is 0.493 e. The minimum Gasteiger partial charge on any atom is -0.493 e. The second-order valence-electron chi connectivity index (χ2n) is 5.77. The molecule has 2 atom stereocenters. The lowest BCUT2D eigenvalue weighted by atomic mass is 9.92. The smallest absolute Gasteiger partial charge is 0.160 e. The van der Waals surface area contributed by atoms with Crippen molar-refractivity contribution in [1.82, 2.24) is 15.1 Å². The molecule has 0 spiro atoms. The minimum absolute atomic E-state index is 0.454. The number of aromatic nitrogens is 2. The average Bonchev–Trinajstić information content (AvgIpc) is 3.16. The highest BCUT2D eigenvalue weighted by molar-refractivity contribution is 5.28. The summed E-state index contributed by atoms with van der Waals surface area (Å²) in [5.41, 5.74) is 1.24. The summed E-state index contributed by atoms with van der Waals surface area (Å²) in [5.74, 6) is 1.97. The van der Waals surface area contributed by atoms with Crippen LogP contribution in [0.25, 0.3) is 0 Å². The maximum absolute atomic E-state index is 5.48. The van der Waals surface area contributed by atoms with Gasteiger partial charge in [0.25, 0.3) is 0 Å². The highest BCUT2D eigenvalue weighted by atomic mass is 16.5. The normalized spacial score (nSPS) is 18.3. The highest BCUT2D eigenvalue weighted by Gasteiger charge is 2.26. The van der Waals surface area contributed by atoms with Crippen LogP contribution in [0.2, 0.25) is 0 Å². The molecule has 19 heavy (non-hydrogen) atoms. The topological polar surface area (TPSA) is 39.1 Å². The molecule has 0 amide bonds. The summed E-state index contributed by atoms with van der Waals surface area (Å²) < 4.78 is 7.59. The number of hydrogen-bond acceptors (Lipinski definition) is 3. The van der Waals surface area contributed by atoms with Crippen molar-refractivity contribution in [1.29, 1.82) is 0 Å². The zero-order chi connectivity index (χ0) is 13.8. The summed E-state index contributed by atoms with van der Waals surface area (Å²) in [5, 5.41) is 8.08. The maximum Gasteiger partial charge on any atom is 0.160 e. The third kappa shape index (κ3) is 3.50. The van der Waals surface area contributed by atoms with Crippen LogP contribution in [0.15, 0.2) is 6.20 Å². The summed E-state index contributed by atoms with van der Waals surface area (Å²) in [4.78, 5) is 0. The molecular weight excluding hydrogens is 238 g/mol. The van der Waals surface area contributed by atoms with Gasteiger partial charge in [-0.25, -0.2) is 0 Å². The van der Waals surface area contributed by atoms with Crippen LogP contribution in [0.3, 0.4) is 0 Å². The van der Waals surface area contributed by atoms with E-state index < -0.39 is 0 Å². The average molecular weight is 265 g/mol. The molecule has 1 aliphatic rings. The van der Waals surface area contributed by atoms with Gasteiger partial charge in [0.1, 0.15) is 0 Å². The lowest BCUT2D eigenvalue weighted by Crippen LogP contribution is -2.27. The first-order valence-electron chi connectivity index (χ1n) is 7.50. The molecular formula is C15H27N3O. The highest BCUT2D eigenvalue weighted by Crippen LogP contribution is 2.32. The van der Waals surface area contributed by atoms with Gasteiger partial charge in [-0.1, -0.05) is 20.8 Å². The van der Waals surface area contributed by atoms with Crippen LogP contribution in [-0.4, -0.2) is 29.5 Å². The van der Waals surface area contributed by atoms with Crippen molar-refractivity contribution in [2.45, 2.75) is 58.5 Å². The van der Waals surface area contributed by atoms with E-state index in [0.717, 1.165) is 31.3 Å². The Bertz CT molecular complexity index is 398. The number of hydrogen-bond donors (Lipinski definition) is 1. The third-order valence-corrected chi connectivity index (χ3v) is 4.09. The van der Waals surface area contributed by atoms with Gasteiger partial charge in [-0.2, -0.15) is 5.10 Å². The molecule has 0 bridgehead atoms. The monoisotopic (exact) mass is 265 g/mol. The molecule has 0 saturated heterocycles. The molecule has 1 aromatic heterocycles. The Morgan fingerprint density at radius 3 is 2.79 bits per heavy atom. The van der Waals surface area contributed by atoms with E-state index in [9.17, 15) is 0 Å². The zero-order valence-electron chi connectivity index (χ0n) is 12.6. The molecule has 0 aliphatic heterocycles. The van der Waals surface area contributed by atoms with Crippen LogP contribution in [0.4, 0.5) is 0 Å². The number of nitrogens with one attached hydrogen (secondary N) is 1. The Hall–Kier alpha value is -1.03. The molecule has 2 unspecified atom stereocenters. The lowest BCUT2D eigenvalue weighted by Gasteiger charge is -2.22. The second kappa shape index (κ2) is 6.42. The number of nitrogens with zero attached hydrogens (tertiary/aromatic N) is 2. The summed E-state index contributed by atoms with van der Waals surface area (Å²) >= 11 is 0. The fourth-order valence-corrected chi connectivity index (χ4v) is 2.47. The van der Waals surface area contributed by atoms with E-state index in [4.69, 9.17) is 4.74 Å². The molecule has 4 heteroatoms. The first-order chi connectivity index (χ1) is 9.17. The zero-order valence-corrected chi connectivity index (χ0v) is 12.6. The quantitative estimate of drug-likeness (QED) is 0.785. The van der Waals surface area contributed by atoms with Gasteiger partial charge in [0.15, 0.2) is 5.75 Å². The van der Waals surface area contributed by atoms with E-state index in [1.165, 1.54) is 18.5 Å². The molecule has 1 fully saturated rings. The van der Waals surface area contributed by atoms with Crippen molar-refractivity contribution >= 4 is 0 Å². The molecule has 1 heterocycles. The summed E-state index contributed by atoms with van der Waals surface area (Å²) in [6.07, 6.45) is 5.64. The molecule has 108 valence electrons. The Morgan fingerprint density at radius 2 is 2.21 bits per heavy atom. The molecule has 2 rings (SSSR count). The Morgan fingerprint density at radius 1 is 1.47 bits per heavy atom. The van der Waals surface area contributed by atoms with E-state index in [0.29, 0.717) is 11.8 Å². The van der Waals surface area contributed by atoms with Gasteiger partial charge < -0.3 is 10.1 Å². The van der Waals surface area contributed by atoms with E-state index in [-0.39, 0.29) is 0 Å². The van der Waals surface area contributed by atoms with E-state index >= 15 is 0 Å². The van der Waals surface area contributed by atoms with Crippen molar-refractivity contribution in [3.63, 3.8) is 0 Å². The first-order valence-corrected chi connectivity index (χ1v) is 7.50. The van der Waals surface area contributed by atoms with E-state index in [1.54, 1.807) is 7.11 Å². The molecule has 1 saturated carbocycles. The number of ether oxygens (including phenoxy) is 1. The van der Waals surface area contributed by atoms with Crippen molar-refractivity contribution in [2.75, 3.05) is 13.7 Å². The fourth-order valence-electron chi connectivity index (χ4n) is 2.47. The molecule has 1 aliphatic carbocycles. The van der Waals surface area contributed by atoms with Crippen molar-refractivity contribution in [3.05, 3.63) is 11.9 Å². The first kappa shape index (κ1) is 14.4. The van der Waals surface area contributed by atoms with Crippen LogP contribution < -0.4 is 10.1 Å². The Kier molecular flexibility index (Phi) is 4.86. The fraction of sp³-hybridized carbons (Fsp3) is 0.800. The van der Waals surface area contributed by atoms with Crippen LogP contribution in [-0.2, 0) is 6.54 Å². The van der Waals surface area contributed by atoms with E-state index in [2.05, 4.69) is 35.9 Å². The van der Waals surface area contributed by atoms with Crippen LogP contribution in [0, 0.1) is 5.92 Å². The van der Waals surface area contributed by atoms with Crippen molar-refractivity contribution < 1.29 is 4.74 Å². The predicted octanol–water partition coefficient (Wildman–Crippen LogP) is 2.79. The number of aryl methyl sites for hydroxylation is 1. The van der Waals surface area contributed by atoms with Gasteiger partial charge in [0.05, 0.1) is 19.0 Å². The van der Waals surface area contributed by atoms with Gasteiger partial charge in [-0.3, -0.25) is 4.68 Å². The standard InChI is InChI=1S/C15H27N3O/c1-5-8-18-15(14(19-4)10-17-18)12(3)11(2)9-16-13-6-7-13/h10-13,16H,5-9H2,1-4H3. The maximum atomic E-state index is 5.48. The SMILES string of the molecule is CCCn1ncc(OC)c1C(C)C(C)CNC1CC1. The predicted molar refractivity (Wildman–Crippen MR) is 77.7 cm³/mol. The van der Waals surface area contributed by atoms with Crippen molar-refractivity contribution in [2.24, 2.45) is 5.92 Å². The van der Waals surface area contributed by atoms with Gasteiger partial charge in [0, 0.05) is 18.5 Å². The summed E-state index contributed by atoms with van der Waals surface area (Å²) in [6, 6.07) is 0.775. The van der Waals surface area contributed by atoms with Crippen molar-refractivity contribution in [3.8, 4) is 5.75 Å². The molecule has 0 aromatic carbocycles. The second-order valence-corrected chi connectivity index (χ2v) is 5.77. The Balaban J connectivity index is 2.05. The molecule has 4 nitrogen and oxygen atoms in total. The van der Waals surface area contributed by atoms with Crippen LogP contribution in [0.1, 0.15) is 51.6 Å². The van der Waals surface area contributed by atoms with Crippen LogP contribution in [0.5, 0.6) is 5.75 Å². The van der Waals surface area contributed by atoms with Gasteiger partial charge in [-0.05, 0) is 31.7 Å². The van der Waals surface area contributed by atoms with Gasteiger partial charge >= 0.3 is 0 Å². The number of methoxy groups -OCH3 is 1. The third-order valence-electron chi connectivity index (χ3n) is 4.09. The molecule has 1 N–H and O–H groups in total. The number of rotatable bonds is 8. The summed E-state index contributed by atoms with van der Waals surface area (Å²) in [7, 11) is 1.73. The molecule has 1 aromatic rings. The van der Waals surface area contributed by atoms with Gasteiger partial charge in [0.2, 0.25) is 0 Å². The lowest BCUT2D eigenvalue weighted by molar-refractivity contribution is 0.376. The van der Waals surface area contributed by atoms with E-state index in [1.807, 2.05) is 6.20 Å². The Labute approximate surface area is 116 Å². The minimum atomic E-state index is 0.454.